The molecule has 0 saturated carbocycles. The maximum absolute atomic E-state index is 8.78. The van der Waals surface area contributed by atoms with Gasteiger partial charge in [-0.1, -0.05) is 11.8 Å². The number of benzene rings is 2. The van der Waals surface area contributed by atoms with Crippen LogP contribution in [-0.4, -0.2) is 10.2 Å². The largest absolute Gasteiger partial charge is 2.00 e. The smallest absolute Gasteiger partial charge is 0.508 e. The zero-order valence-electron chi connectivity index (χ0n) is 15.9. The quantitative estimate of drug-likeness (QED) is 0.268. The van der Waals surface area contributed by atoms with E-state index in [1.54, 1.807) is 48.5 Å². The van der Waals surface area contributed by atoms with Crippen LogP contribution in [0.5, 0.6) is 11.5 Å². The Bertz CT molecular complexity index is 806. The summed E-state index contributed by atoms with van der Waals surface area (Å²) in [4.78, 5) is 0. The van der Waals surface area contributed by atoms with E-state index in [4.69, 9.17) is 23.1 Å². The van der Waals surface area contributed by atoms with Crippen LogP contribution >= 0.6 is 0 Å². The fourth-order valence-electron chi connectivity index (χ4n) is 1.76. The maximum Gasteiger partial charge on any atom is 2.00 e. The molecular weight excluding hydrogens is 436 g/mol. The van der Waals surface area contributed by atoms with Crippen molar-refractivity contribution < 1.29 is 36.4 Å². The number of terminal acetylenes is 2. The van der Waals surface area contributed by atoms with Gasteiger partial charge in [-0.2, -0.15) is 36.4 Å². The first-order chi connectivity index (χ1) is 13.7. The molecule has 0 atom stereocenters. The number of hydrogen-bond donors (Lipinski definition) is 2. The van der Waals surface area contributed by atoms with E-state index in [-0.39, 0.29) is 37.7 Å². The van der Waals surface area contributed by atoms with Gasteiger partial charge in [0, 0.05) is 11.1 Å². The number of phenolic OH excluding ortho intramolecular Hbond substituents is 2. The third-order valence-corrected chi connectivity index (χ3v) is 3.18. The van der Waals surface area contributed by atoms with E-state index >= 15 is 0 Å². The predicted octanol–water partition coefficient (Wildman–Crippen LogP) is 5.56. The molecule has 142 valence electrons. The van der Waals surface area contributed by atoms with Gasteiger partial charge < -0.3 is 10.2 Å². The van der Waals surface area contributed by atoms with Crippen molar-refractivity contribution in [1.29, 1.82) is 0 Å². The molecule has 0 saturated heterocycles. The SMILES string of the molecule is C#Cc1ccc(O)cc1.C#Cc1ccc(O)cc1.[Zr+2].c1cc[cH-]c1.c1cc[cH-]c1. The average Bonchev–Trinajstić information content (AvgIpc) is 3.48. The summed E-state index contributed by atoms with van der Waals surface area (Å²) < 4.78 is 0. The van der Waals surface area contributed by atoms with Gasteiger partial charge in [0.25, 0.3) is 0 Å². The molecular formula is C26H22O2Zr. The standard InChI is InChI=1S/2C8H6O.2C5H5.Zr/c2*1-2-7-3-5-8(9)6-4-7;2*1-2-4-5-3-1;/h2*1,3-6,9H;2*1-5H;/q;;2*-1;+2. The third kappa shape index (κ3) is 13.5. The van der Waals surface area contributed by atoms with Crippen LogP contribution in [0.25, 0.3) is 0 Å². The van der Waals surface area contributed by atoms with Gasteiger partial charge in [-0.15, -0.1) is 12.8 Å². The molecule has 0 aliphatic rings. The molecule has 0 aliphatic carbocycles. The number of hydrogen-bond acceptors (Lipinski definition) is 2. The monoisotopic (exact) mass is 456 g/mol. The van der Waals surface area contributed by atoms with Crippen LogP contribution in [-0.2, 0) is 26.2 Å². The van der Waals surface area contributed by atoms with E-state index in [9.17, 15) is 0 Å². The molecule has 4 aromatic rings. The van der Waals surface area contributed by atoms with Gasteiger partial charge in [-0.3, -0.25) is 0 Å². The van der Waals surface area contributed by atoms with E-state index in [2.05, 4.69) is 11.8 Å². The van der Waals surface area contributed by atoms with Crippen molar-refractivity contribution in [3.8, 4) is 36.2 Å². The molecule has 2 N–H and O–H groups in total. The van der Waals surface area contributed by atoms with Crippen LogP contribution in [0, 0.1) is 24.7 Å². The molecule has 0 fully saturated rings. The summed E-state index contributed by atoms with van der Waals surface area (Å²) in [6, 6.07) is 33.0. The van der Waals surface area contributed by atoms with Gasteiger partial charge in [0.1, 0.15) is 11.5 Å². The molecule has 0 radical (unpaired) electrons. The zero-order chi connectivity index (χ0) is 20.5. The van der Waals surface area contributed by atoms with E-state index in [0.717, 1.165) is 11.1 Å². The summed E-state index contributed by atoms with van der Waals surface area (Å²) in [7, 11) is 0. The molecule has 2 nitrogen and oxygen atoms in total. The Hall–Kier alpha value is -3.26. The summed E-state index contributed by atoms with van der Waals surface area (Å²) in [5.41, 5.74) is 1.57. The average molecular weight is 458 g/mol. The Labute approximate surface area is 192 Å². The fraction of sp³-hybridized carbons (Fsp3) is 0. The van der Waals surface area contributed by atoms with Crippen molar-refractivity contribution >= 4 is 0 Å². The van der Waals surface area contributed by atoms with Crippen molar-refractivity contribution in [2.24, 2.45) is 0 Å². The second kappa shape index (κ2) is 16.9. The second-order valence-corrected chi connectivity index (χ2v) is 5.31. The van der Waals surface area contributed by atoms with E-state index < -0.39 is 0 Å². The van der Waals surface area contributed by atoms with Crippen molar-refractivity contribution in [1.82, 2.24) is 0 Å². The van der Waals surface area contributed by atoms with Crippen LogP contribution in [0.1, 0.15) is 11.1 Å². The van der Waals surface area contributed by atoms with Crippen LogP contribution < -0.4 is 0 Å². The molecule has 0 spiro atoms. The Kier molecular flexibility index (Phi) is 15.0. The van der Waals surface area contributed by atoms with E-state index in [0.29, 0.717) is 0 Å². The van der Waals surface area contributed by atoms with Gasteiger partial charge in [0.2, 0.25) is 0 Å². The summed E-state index contributed by atoms with van der Waals surface area (Å²) >= 11 is 0. The zero-order valence-corrected chi connectivity index (χ0v) is 18.4. The predicted molar refractivity (Wildman–Crippen MR) is 116 cm³/mol. The Morgan fingerprint density at radius 2 is 0.828 bits per heavy atom. The third-order valence-electron chi connectivity index (χ3n) is 3.18. The minimum Gasteiger partial charge on any atom is -0.508 e. The molecule has 0 amide bonds. The topological polar surface area (TPSA) is 40.5 Å². The minimum atomic E-state index is 0. The minimum absolute atomic E-state index is 0. The number of rotatable bonds is 0. The Balaban J connectivity index is 0.000000369. The second-order valence-electron chi connectivity index (χ2n) is 5.31. The van der Waals surface area contributed by atoms with Crippen LogP contribution in [0.2, 0.25) is 0 Å². The first-order valence-electron chi connectivity index (χ1n) is 8.50. The molecule has 4 aromatic carbocycles. The first-order valence-corrected chi connectivity index (χ1v) is 8.50. The normalized spacial score (nSPS) is 7.93. The van der Waals surface area contributed by atoms with Gasteiger partial charge in [-0.25, -0.2) is 24.3 Å². The van der Waals surface area contributed by atoms with Crippen LogP contribution in [0.15, 0.2) is 109 Å². The summed E-state index contributed by atoms with van der Waals surface area (Å²) in [5.74, 6) is 5.38. The van der Waals surface area contributed by atoms with Crippen molar-refractivity contribution in [3.05, 3.63) is 120 Å². The molecule has 0 heterocycles. The first kappa shape index (κ1) is 25.7. The van der Waals surface area contributed by atoms with Crippen molar-refractivity contribution in [2.45, 2.75) is 0 Å². The molecule has 4 rings (SSSR count). The van der Waals surface area contributed by atoms with E-state index in [1.807, 2.05) is 60.7 Å². The maximum atomic E-state index is 8.78. The van der Waals surface area contributed by atoms with Crippen LogP contribution in [0.3, 0.4) is 0 Å². The van der Waals surface area contributed by atoms with Gasteiger partial charge in [0.15, 0.2) is 0 Å². The molecule has 29 heavy (non-hydrogen) atoms. The van der Waals surface area contributed by atoms with Gasteiger partial charge >= 0.3 is 26.2 Å². The van der Waals surface area contributed by atoms with Crippen LogP contribution in [0.4, 0.5) is 0 Å². The van der Waals surface area contributed by atoms with E-state index in [1.165, 1.54) is 0 Å². The van der Waals surface area contributed by atoms with Crippen molar-refractivity contribution in [3.63, 3.8) is 0 Å². The Morgan fingerprint density at radius 3 is 1.00 bits per heavy atom. The Morgan fingerprint density at radius 1 is 0.552 bits per heavy atom. The number of aromatic hydroxyl groups is 2. The summed E-state index contributed by atoms with van der Waals surface area (Å²) in [6.45, 7) is 0. The molecule has 0 aliphatic heterocycles. The summed E-state index contributed by atoms with van der Waals surface area (Å²) in [6.07, 6.45) is 10.1. The molecule has 0 aromatic heterocycles. The fourth-order valence-corrected chi connectivity index (χ4v) is 1.76. The molecule has 3 heteroatoms. The molecule has 0 unspecified atom stereocenters. The summed E-state index contributed by atoms with van der Waals surface area (Å²) in [5, 5.41) is 17.6. The molecule has 0 bridgehead atoms. The van der Waals surface area contributed by atoms with Crippen molar-refractivity contribution in [2.75, 3.05) is 0 Å². The van der Waals surface area contributed by atoms with Gasteiger partial charge in [-0.05, 0) is 48.5 Å². The number of phenols is 2. The van der Waals surface area contributed by atoms with Gasteiger partial charge in [0.05, 0.1) is 0 Å².